The zero-order valence-corrected chi connectivity index (χ0v) is 21.5. The highest BCUT2D eigenvalue weighted by atomic mass is 32.1. The Morgan fingerprint density at radius 3 is 2.62 bits per heavy atom. The number of rotatable bonds is 10. The number of aryl methyl sites for hydroxylation is 1. The second-order valence-electron chi connectivity index (χ2n) is 8.92. The maximum absolute atomic E-state index is 14.5. The van der Waals surface area contributed by atoms with Crippen LogP contribution >= 0.6 is 11.3 Å². The molecule has 0 unspecified atom stereocenters. The number of benzene rings is 2. The van der Waals surface area contributed by atoms with Crippen LogP contribution in [0.3, 0.4) is 0 Å². The molecule has 1 aromatic heterocycles. The monoisotopic (exact) mass is 526 g/mol. The Hall–Kier alpha value is -3.59. The van der Waals surface area contributed by atoms with Crippen molar-refractivity contribution in [2.75, 3.05) is 11.9 Å². The largest absolute Gasteiger partial charge is 0.493 e. The van der Waals surface area contributed by atoms with Gasteiger partial charge in [-0.15, -0.1) is 11.3 Å². The lowest BCUT2D eigenvalue weighted by Gasteiger charge is -2.19. The second-order valence-corrected chi connectivity index (χ2v) is 10.0. The van der Waals surface area contributed by atoms with Gasteiger partial charge in [0, 0.05) is 32.7 Å². The second kappa shape index (κ2) is 11.6. The Bertz CT molecular complexity index is 1340. The Labute approximate surface area is 218 Å². The van der Waals surface area contributed by atoms with Gasteiger partial charge in [0.2, 0.25) is 0 Å². The first-order valence-electron chi connectivity index (χ1n) is 12.2. The number of carboxylic acids is 1. The number of nitrogens with one attached hydrogen (secondary N) is 1. The van der Waals surface area contributed by atoms with Gasteiger partial charge in [0.1, 0.15) is 17.4 Å². The van der Waals surface area contributed by atoms with E-state index in [1.54, 1.807) is 0 Å². The topological polar surface area (TPSA) is 88.5 Å². The lowest BCUT2D eigenvalue weighted by atomic mass is 9.93. The Morgan fingerprint density at radius 1 is 1.16 bits per heavy atom. The number of fused-ring (bicyclic) bond motifs is 3. The minimum atomic E-state index is -1.29. The van der Waals surface area contributed by atoms with E-state index in [1.165, 1.54) is 31.1 Å². The molecule has 1 aliphatic carbocycles. The summed E-state index contributed by atoms with van der Waals surface area (Å²) in [5.41, 5.74) is 1.87. The van der Waals surface area contributed by atoms with Gasteiger partial charge in [-0.05, 0) is 50.5 Å². The van der Waals surface area contributed by atoms with Crippen LogP contribution in [0.5, 0.6) is 5.75 Å². The number of hydrogen-bond acceptors (Lipinski definition) is 5. The third-order valence-electron chi connectivity index (χ3n) is 6.20. The molecular weight excluding hydrogens is 498 g/mol. The molecule has 0 saturated heterocycles. The van der Waals surface area contributed by atoms with E-state index in [1.807, 2.05) is 18.2 Å². The van der Waals surface area contributed by atoms with E-state index in [0.717, 1.165) is 71.3 Å². The van der Waals surface area contributed by atoms with Crippen molar-refractivity contribution < 1.29 is 28.2 Å². The van der Waals surface area contributed by atoms with Crippen LogP contribution < -0.4 is 10.1 Å². The summed E-state index contributed by atoms with van der Waals surface area (Å²) in [6, 6.07) is 7.65. The highest BCUT2D eigenvalue weighted by molar-refractivity contribution is 7.16. The fourth-order valence-corrected chi connectivity index (χ4v) is 5.19. The molecule has 9 heteroatoms. The summed E-state index contributed by atoms with van der Waals surface area (Å²) in [6.07, 6.45) is 6.95. The number of thiazole rings is 1. The number of aliphatic carboxylic acids is 1. The van der Waals surface area contributed by atoms with Gasteiger partial charge in [0.05, 0.1) is 12.3 Å². The minimum absolute atomic E-state index is 0.228. The molecule has 2 aromatic carbocycles. The van der Waals surface area contributed by atoms with E-state index in [0.29, 0.717) is 11.7 Å². The fraction of sp³-hybridized carbons (Fsp3) is 0.321. The third-order valence-corrected chi connectivity index (χ3v) is 7.23. The number of anilines is 1. The van der Waals surface area contributed by atoms with Crippen LogP contribution in [0.25, 0.3) is 17.3 Å². The Balaban J connectivity index is 1.51. The number of unbranched alkanes of at least 4 members (excludes halogenated alkanes) is 3. The number of amides is 1. The van der Waals surface area contributed by atoms with Crippen molar-refractivity contribution in [3.05, 3.63) is 69.1 Å². The number of carbonyl (C=O) groups excluding carboxylic acids is 1. The minimum Gasteiger partial charge on any atom is -0.493 e. The number of carboxylic acid groups (broad SMARTS) is 1. The molecule has 1 aliphatic rings. The van der Waals surface area contributed by atoms with Crippen molar-refractivity contribution in [1.29, 1.82) is 0 Å². The summed E-state index contributed by atoms with van der Waals surface area (Å²) >= 11 is 1.33. The average Bonchev–Trinajstić information content (AvgIpc) is 3.28. The van der Waals surface area contributed by atoms with E-state index in [4.69, 9.17) is 9.84 Å². The molecule has 0 fully saturated rings. The quantitative estimate of drug-likeness (QED) is 0.222. The number of halogens is 2. The first kappa shape index (κ1) is 26.5. The summed E-state index contributed by atoms with van der Waals surface area (Å²) in [5, 5.41) is 11.9. The van der Waals surface area contributed by atoms with Crippen molar-refractivity contribution in [1.82, 2.24) is 4.98 Å². The SMILES string of the molecule is CCCCCCOc1cccc2c1CCc1sc(NC(=O)c3cc(F)c(C=C(C)C(=O)O)c(F)c3)nc1-2. The van der Waals surface area contributed by atoms with Crippen molar-refractivity contribution in [2.45, 2.75) is 52.4 Å². The molecule has 0 radical (unpaired) electrons. The van der Waals surface area contributed by atoms with Crippen LogP contribution in [-0.2, 0) is 17.6 Å². The van der Waals surface area contributed by atoms with E-state index in [2.05, 4.69) is 17.2 Å². The molecule has 1 heterocycles. The molecule has 0 aliphatic heterocycles. The molecule has 0 spiro atoms. The summed E-state index contributed by atoms with van der Waals surface area (Å²) < 4.78 is 35.0. The predicted octanol–water partition coefficient (Wildman–Crippen LogP) is 6.89. The summed E-state index contributed by atoms with van der Waals surface area (Å²) in [4.78, 5) is 29.4. The molecule has 6 nitrogen and oxygen atoms in total. The lowest BCUT2D eigenvalue weighted by molar-refractivity contribution is -0.132. The van der Waals surface area contributed by atoms with Crippen LogP contribution in [0.1, 0.15) is 65.9 Å². The highest BCUT2D eigenvalue weighted by Crippen LogP contribution is 2.41. The Kier molecular flexibility index (Phi) is 8.33. The average molecular weight is 527 g/mol. The van der Waals surface area contributed by atoms with Crippen LogP contribution in [0.2, 0.25) is 0 Å². The predicted molar refractivity (Wildman–Crippen MR) is 140 cm³/mol. The van der Waals surface area contributed by atoms with Crippen molar-refractivity contribution in [3.63, 3.8) is 0 Å². The molecule has 0 saturated carbocycles. The first-order chi connectivity index (χ1) is 17.8. The standard InChI is InChI=1S/C28H28F2N2O4S/c1-3-4-5-6-12-36-23-9-7-8-19-18(23)10-11-24-25(19)31-28(37-24)32-26(33)17-14-21(29)20(22(30)15-17)13-16(2)27(34)35/h7-9,13-15H,3-6,10-12H2,1-2H3,(H,34,35)(H,31,32,33). The van der Waals surface area contributed by atoms with Gasteiger partial charge in [0.15, 0.2) is 5.13 Å². The van der Waals surface area contributed by atoms with Gasteiger partial charge >= 0.3 is 5.97 Å². The molecule has 2 N–H and O–H groups in total. The highest BCUT2D eigenvalue weighted by Gasteiger charge is 2.24. The zero-order valence-electron chi connectivity index (χ0n) is 20.7. The molecule has 37 heavy (non-hydrogen) atoms. The first-order valence-corrected chi connectivity index (χ1v) is 13.1. The van der Waals surface area contributed by atoms with Gasteiger partial charge in [0.25, 0.3) is 5.91 Å². The van der Waals surface area contributed by atoms with Gasteiger partial charge in [-0.25, -0.2) is 18.6 Å². The maximum atomic E-state index is 14.5. The maximum Gasteiger partial charge on any atom is 0.331 e. The van der Waals surface area contributed by atoms with Crippen molar-refractivity contribution in [2.24, 2.45) is 0 Å². The number of carbonyl (C=O) groups is 2. The van der Waals surface area contributed by atoms with Crippen molar-refractivity contribution in [3.8, 4) is 17.0 Å². The van der Waals surface area contributed by atoms with E-state index in [-0.39, 0.29) is 11.1 Å². The van der Waals surface area contributed by atoms with Crippen LogP contribution in [0, 0.1) is 11.6 Å². The van der Waals surface area contributed by atoms with E-state index < -0.39 is 29.1 Å². The lowest BCUT2D eigenvalue weighted by Crippen LogP contribution is -2.13. The number of nitrogens with zero attached hydrogens (tertiary/aromatic N) is 1. The molecule has 3 aromatic rings. The van der Waals surface area contributed by atoms with Crippen LogP contribution in [-0.4, -0.2) is 28.6 Å². The molecule has 0 bridgehead atoms. The summed E-state index contributed by atoms with van der Waals surface area (Å²) in [7, 11) is 0. The van der Waals surface area contributed by atoms with Crippen LogP contribution in [0.15, 0.2) is 35.9 Å². The Morgan fingerprint density at radius 2 is 1.92 bits per heavy atom. The smallest absolute Gasteiger partial charge is 0.331 e. The normalized spacial score (nSPS) is 12.6. The molecule has 1 amide bonds. The van der Waals surface area contributed by atoms with Crippen LogP contribution in [0.4, 0.5) is 13.9 Å². The summed E-state index contributed by atoms with van der Waals surface area (Å²) in [6.45, 7) is 4.07. The molecule has 0 atom stereocenters. The molecular formula is C28H28F2N2O4S. The van der Waals surface area contributed by atoms with E-state index >= 15 is 0 Å². The summed E-state index contributed by atoms with van der Waals surface area (Å²) in [5.74, 6) is -3.20. The molecule has 194 valence electrons. The van der Waals surface area contributed by atoms with Gasteiger partial charge in [-0.1, -0.05) is 38.3 Å². The number of hydrogen-bond donors (Lipinski definition) is 2. The zero-order chi connectivity index (χ0) is 26.5. The van der Waals surface area contributed by atoms with Gasteiger partial charge in [-0.2, -0.15) is 0 Å². The fourth-order valence-electron chi connectivity index (χ4n) is 4.22. The third kappa shape index (κ3) is 6.05. The number of ether oxygens (including phenoxy) is 1. The van der Waals surface area contributed by atoms with Gasteiger partial charge < -0.3 is 9.84 Å². The number of aromatic nitrogens is 1. The van der Waals surface area contributed by atoms with Gasteiger partial charge in [-0.3, -0.25) is 10.1 Å². The van der Waals surface area contributed by atoms with E-state index in [9.17, 15) is 18.4 Å². The van der Waals surface area contributed by atoms with Crippen molar-refractivity contribution >= 4 is 34.4 Å². The molecule has 4 rings (SSSR count).